The van der Waals surface area contributed by atoms with Crippen LogP contribution < -0.4 is 5.43 Å². The van der Waals surface area contributed by atoms with Crippen molar-refractivity contribution in [2.24, 2.45) is 0 Å². The Kier molecular flexibility index (Phi) is 2.04. The summed E-state index contributed by atoms with van der Waals surface area (Å²) in [5.41, 5.74) is 3.01. The molecule has 3 nitrogen and oxygen atoms in total. The molecule has 1 spiro atoms. The van der Waals surface area contributed by atoms with Gasteiger partial charge in [0, 0.05) is 7.05 Å². The van der Waals surface area contributed by atoms with Gasteiger partial charge in [-0.1, -0.05) is 12.8 Å². The van der Waals surface area contributed by atoms with Gasteiger partial charge in [0.15, 0.2) is 0 Å². The predicted octanol–water partition coefficient (Wildman–Crippen LogP) is 0.966. The van der Waals surface area contributed by atoms with Crippen LogP contribution in [0.3, 0.4) is 0 Å². The topological polar surface area (TPSA) is 32.3 Å². The Morgan fingerprint density at radius 2 is 2.17 bits per heavy atom. The second-order valence-electron chi connectivity index (χ2n) is 3.39. The number of rotatable bonds is 1. The highest BCUT2D eigenvalue weighted by Gasteiger charge is 2.47. The van der Waals surface area contributed by atoms with Crippen LogP contribution in [0.15, 0.2) is 0 Å². The van der Waals surface area contributed by atoms with Gasteiger partial charge in [0.1, 0.15) is 4.87 Å². The van der Waals surface area contributed by atoms with Crippen LogP contribution in [0.5, 0.6) is 0 Å². The Labute approximate surface area is 76.8 Å². The lowest BCUT2D eigenvalue weighted by molar-refractivity contribution is -0.133. The molecule has 0 radical (unpaired) electrons. The Morgan fingerprint density at radius 1 is 1.50 bits per heavy atom. The minimum Gasteiger partial charge on any atom is -0.272 e. The molecule has 0 atom stereocenters. The molecule has 68 valence electrons. The standard InChI is InChI=1S/C8H14N2OS/c1-9-10-7(11)6-12-8(10)4-2-3-5-8/h9H,2-6H2,1H3. The van der Waals surface area contributed by atoms with Crippen molar-refractivity contribution in [2.45, 2.75) is 30.6 Å². The number of nitrogens with one attached hydrogen (secondary N) is 1. The normalized spacial score (nSPS) is 27.4. The third-order valence-electron chi connectivity index (χ3n) is 2.73. The van der Waals surface area contributed by atoms with E-state index in [9.17, 15) is 4.79 Å². The smallest absolute Gasteiger partial charge is 0.248 e. The first kappa shape index (κ1) is 8.38. The quantitative estimate of drug-likeness (QED) is 0.662. The molecule has 1 heterocycles. The molecule has 0 unspecified atom stereocenters. The second-order valence-corrected chi connectivity index (χ2v) is 4.73. The number of hydrogen-bond acceptors (Lipinski definition) is 3. The molecule has 4 heteroatoms. The average Bonchev–Trinajstić information content (AvgIpc) is 2.63. The third-order valence-corrected chi connectivity index (χ3v) is 4.25. The maximum Gasteiger partial charge on any atom is 0.248 e. The first-order valence-corrected chi connectivity index (χ1v) is 5.41. The summed E-state index contributed by atoms with van der Waals surface area (Å²) < 4.78 is 0. The molecule has 1 aliphatic heterocycles. The third kappa shape index (κ3) is 1.05. The van der Waals surface area contributed by atoms with Gasteiger partial charge in [-0.05, 0) is 12.8 Å². The van der Waals surface area contributed by atoms with Crippen molar-refractivity contribution in [3.63, 3.8) is 0 Å². The van der Waals surface area contributed by atoms with E-state index in [2.05, 4.69) is 5.43 Å². The van der Waals surface area contributed by atoms with Crippen molar-refractivity contribution in [2.75, 3.05) is 12.8 Å². The van der Waals surface area contributed by atoms with Crippen LogP contribution in [0.4, 0.5) is 0 Å². The second kappa shape index (κ2) is 2.92. The summed E-state index contributed by atoms with van der Waals surface area (Å²) in [6.07, 6.45) is 4.84. The van der Waals surface area contributed by atoms with Crippen LogP contribution in [-0.4, -0.2) is 28.6 Å². The molecule has 1 saturated carbocycles. The average molecular weight is 186 g/mol. The van der Waals surface area contributed by atoms with E-state index < -0.39 is 0 Å². The number of amides is 1. The van der Waals surface area contributed by atoms with Crippen LogP contribution in [0.25, 0.3) is 0 Å². The molecule has 0 aromatic carbocycles. The Morgan fingerprint density at radius 3 is 2.75 bits per heavy atom. The first-order chi connectivity index (χ1) is 5.78. The molecule has 1 saturated heterocycles. The van der Waals surface area contributed by atoms with Gasteiger partial charge in [0.05, 0.1) is 5.75 Å². The molecular weight excluding hydrogens is 172 g/mol. The number of hydrogen-bond donors (Lipinski definition) is 1. The lowest BCUT2D eigenvalue weighted by Gasteiger charge is -2.32. The van der Waals surface area contributed by atoms with Crippen molar-refractivity contribution in [1.29, 1.82) is 0 Å². The molecular formula is C8H14N2OS. The molecule has 2 fully saturated rings. The van der Waals surface area contributed by atoms with Gasteiger partial charge in [-0.3, -0.25) is 9.80 Å². The fraction of sp³-hybridized carbons (Fsp3) is 0.875. The zero-order valence-corrected chi connectivity index (χ0v) is 8.12. The van der Waals surface area contributed by atoms with E-state index in [-0.39, 0.29) is 10.8 Å². The Bertz CT molecular complexity index is 201. The zero-order chi connectivity index (χ0) is 8.60. The summed E-state index contributed by atoms with van der Waals surface area (Å²) in [6, 6.07) is 0. The van der Waals surface area contributed by atoms with Crippen LogP contribution >= 0.6 is 11.8 Å². The van der Waals surface area contributed by atoms with Crippen molar-refractivity contribution < 1.29 is 4.79 Å². The van der Waals surface area contributed by atoms with Gasteiger partial charge in [0.2, 0.25) is 5.91 Å². The minimum atomic E-state index is 0.117. The summed E-state index contributed by atoms with van der Waals surface area (Å²) >= 11 is 1.81. The highest BCUT2D eigenvalue weighted by molar-refractivity contribution is 8.01. The first-order valence-electron chi connectivity index (χ1n) is 4.43. The fourth-order valence-electron chi connectivity index (χ4n) is 2.18. The van der Waals surface area contributed by atoms with E-state index in [1.165, 1.54) is 12.8 Å². The van der Waals surface area contributed by atoms with Gasteiger partial charge in [0.25, 0.3) is 0 Å². The molecule has 1 amide bonds. The zero-order valence-electron chi connectivity index (χ0n) is 7.30. The summed E-state index contributed by atoms with van der Waals surface area (Å²) in [5, 5.41) is 1.84. The molecule has 0 aromatic heterocycles. The SMILES string of the molecule is CNN1C(=O)CSC12CCCC2. The van der Waals surface area contributed by atoms with Crippen LogP contribution in [0, 0.1) is 0 Å². The fourth-order valence-corrected chi connectivity index (χ4v) is 3.60. The Hall–Kier alpha value is -0.220. The predicted molar refractivity (Wildman–Crippen MR) is 49.6 cm³/mol. The maximum atomic E-state index is 11.4. The molecule has 1 aliphatic carbocycles. The molecule has 0 bridgehead atoms. The molecule has 0 aromatic rings. The Balaban J connectivity index is 2.19. The van der Waals surface area contributed by atoms with E-state index in [1.54, 1.807) is 11.8 Å². The number of carbonyl (C=O) groups excluding carboxylic acids is 1. The van der Waals surface area contributed by atoms with Crippen LogP contribution in [0.2, 0.25) is 0 Å². The van der Waals surface area contributed by atoms with Gasteiger partial charge >= 0.3 is 0 Å². The highest BCUT2D eigenvalue weighted by Crippen LogP contribution is 2.47. The van der Waals surface area contributed by atoms with E-state index in [0.717, 1.165) is 12.8 Å². The molecule has 2 rings (SSSR count). The van der Waals surface area contributed by atoms with Crippen LogP contribution in [0.1, 0.15) is 25.7 Å². The van der Waals surface area contributed by atoms with Gasteiger partial charge in [-0.15, -0.1) is 11.8 Å². The monoisotopic (exact) mass is 186 g/mol. The van der Waals surface area contributed by atoms with E-state index in [4.69, 9.17) is 0 Å². The highest BCUT2D eigenvalue weighted by atomic mass is 32.2. The van der Waals surface area contributed by atoms with Crippen molar-refractivity contribution >= 4 is 17.7 Å². The van der Waals surface area contributed by atoms with Crippen LogP contribution in [-0.2, 0) is 4.79 Å². The summed E-state index contributed by atoms with van der Waals surface area (Å²) in [7, 11) is 1.84. The number of carbonyl (C=O) groups is 1. The summed E-state index contributed by atoms with van der Waals surface area (Å²) in [4.78, 5) is 11.5. The number of nitrogens with zero attached hydrogens (tertiary/aromatic N) is 1. The van der Waals surface area contributed by atoms with Crippen molar-refractivity contribution in [3.05, 3.63) is 0 Å². The van der Waals surface area contributed by atoms with E-state index in [1.807, 2.05) is 12.1 Å². The maximum absolute atomic E-state index is 11.4. The van der Waals surface area contributed by atoms with Gasteiger partial charge in [-0.2, -0.15) is 0 Å². The largest absolute Gasteiger partial charge is 0.272 e. The summed E-state index contributed by atoms with van der Waals surface area (Å²) in [5.74, 6) is 0.894. The molecule has 1 N–H and O–H groups in total. The lowest BCUT2D eigenvalue weighted by Crippen LogP contribution is -2.49. The van der Waals surface area contributed by atoms with Crippen molar-refractivity contribution in [1.82, 2.24) is 10.4 Å². The number of thioether (sulfide) groups is 1. The summed E-state index contributed by atoms with van der Waals surface area (Å²) in [6.45, 7) is 0. The molecule has 12 heavy (non-hydrogen) atoms. The number of hydrazine groups is 1. The lowest BCUT2D eigenvalue weighted by atomic mass is 10.2. The van der Waals surface area contributed by atoms with Gasteiger partial charge < -0.3 is 0 Å². The molecule has 2 aliphatic rings. The van der Waals surface area contributed by atoms with E-state index >= 15 is 0 Å². The van der Waals surface area contributed by atoms with Crippen molar-refractivity contribution in [3.8, 4) is 0 Å². The van der Waals surface area contributed by atoms with E-state index in [0.29, 0.717) is 5.75 Å². The minimum absolute atomic E-state index is 0.117. The van der Waals surface area contributed by atoms with Gasteiger partial charge in [-0.25, -0.2) is 5.43 Å².